The summed E-state index contributed by atoms with van der Waals surface area (Å²) >= 11 is 0. The van der Waals surface area contributed by atoms with E-state index in [1.54, 1.807) is 0 Å². The van der Waals surface area contributed by atoms with Gasteiger partial charge in [-0.05, 0) is 54.7 Å². The van der Waals surface area contributed by atoms with Crippen molar-refractivity contribution in [1.82, 2.24) is 10.2 Å². The fraction of sp³-hybridized carbons (Fsp3) is 0.409. The van der Waals surface area contributed by atoms with E-state index < -0.39 is 0 Å². The number of rotatable bonds is 5. The van der Waals surface area contributed by atoms with E-state index in [2.05, 4.69) is 47.5 Å². The Bertz CT molecular complexity index is 762. The van der Waals surface area contributed by atoms with Crippen LogP contribution in [0.5, 0.6) is 0 Å². The van der Waals surface area contributed by atoms with Crippen molar-refractivity contribution in [2.45, 2.75) is 33.9 Å². The summed E-state index contributed by atoms with van der Waals surface area (Å²) in [6.07, 6.45) is 0. The summed E-state index contributed by atoms with van der Waals surface area (Å²) in [7, 11) is 0. The van der Waals surface area contributed by atoms with Gasteiger partial charge in [-0.15, -0.1) is 0 Å². The van der Waals surface area contributed by atoms with Crippen LogP contribution in [0.1, 0.15) is 38.2 Å². The average molecular weight is 352 g/mol. The minimum absolute atomic E-state index is 0.0111. The molecule has 1 aliphatic rings. The lowest BCUT2D eigenvalue weighted by Crippen LogP contribution is -2.35. The largest absolute Gasteiger partial charge is 0.379 e. The molecule has 1 saturated heterocycles. The number of benzene rings is 2. The predicted molar refractivity (Wildman–Crippen MR) is 104 cm³/mol. The van der Waals surface area contributed by atoms with E-state index in [-0.39, 0.29) is 5.91 Å². The van der Waals surface area contributed by atoms with Crippen LogP contribution >= 0.6 is 0 Å². The highest BCUT2D eigenvalue weighted by Gasteiger charge is 2.12. The maximum atomic E-state index is 12.5. The Morgan fingerprint density at radius 1 is 0.962 bits per heavy atom. The van der Waals surface area contributed by atoms with Gasteiger partial charge in [-0.3, -0.25) is 9.69 Å². The van der Waals surface area contributed by atoms with Crippen LogP contribution in [0.4, 0.5) is 0 Å². The van der Waals surface area contributed by atoms with Gasteiger partial charge in [-0.1, -0.05) is 30.3 Å². The monoisotopic (exact) mass is 352 g/mol. The van der Waals surface area contributed by atoms with Gasteiger partial charge in [0, 0.05) is 31.7 Å². The van der Waals surface area contributed by atoms with E-state index in [1.165, 1.54) is 11.1 Å². The molecule has 0 bridgehead atoms. The summed E-state index contributed by atoms with van der Waals surface area (Å²) in [5.74, 6) is -0.0111. The highest BCUT2D eigenvalue weighted by molar-refractivity contribution is 5.95. The first-order chi connectivity index (χ1) is 12.5. The first kappa shape index (κ1) is 18.6. The van der Waals surface area contributed by atoms with Gasteiger partial charge in [-0.25, -0.2) is 0 Å². The Labute approximate surface area is 156 Å². The topological polar surface area (TPSA) is 41.6 Å². The number of ether oxygens (including phenoxy) is 1. The van der Waals surface area contributed by atoms with Gasteiger partial charge in [0.15, 0.2) is 0 Å². The number of nitrogens with zero attached hydrogens (tertiary/aromatic N) is 1. The van der Waals surface area contributed by atoms with Crippen molar-refractivity contribution in [3.8, 4) is 0 Å². The first-order valence-electron chi connectivity index (χ1n) is 9.27. The molecule has 138 valence electrons. The van der Waals surface area contributed by atoms with E-state index in [0.717, 1.165) is 55.1 Å². The Morgan fingerprint density at radius 2 is 1.58 bits per heavy atom. The molecule has 0 aromatic heterocycles. The van der Waals surface area contributed by atoms with Crippen LogP contribution < -0.4 is 5.32 Å². The Hall–Kier alpha value is -2.17. The zero-order chi connectivity index (χ0) is 18.5. The van der Waals surface area contributed by atoms with Crippen molar-refractivity contribution < 1.29 is 9.53 Å². The van der Waals surface area contributed by atoms with E-state index in [9.17, 15) is 4.79 Å². The molecule has 1 amide bonds. The molecule has 1 N–H and O–H groups in total. The third kappa shape index (κ3) is 4.71. The molecule has 26 heavy (non-hydrogen) atoms. The zero-order valence-electron chi connectivity index (χ0n) is 16.0. The lowest BCUT2D eigenvalue weighted by molar-refractivity contribution is 0.0342. The average Bonchev–Trinajstić information content (AvgIpc) is 2.65. The van der Waals surface area contributed by atoms with Gasteiger partial charge in [-0.2, -0.15) is 0 Å². The standard InChI is InChI=1S/C22H28N2O2/c1-16-12-18(3)21(13-17(16)2)22(25)23-14-19-4-6-20(7-5-19)15-24-8-10-26-11-9-24/h4-7,12-13H,8-11,14-15H2,1-3H3,(H,23,25). The van der Waals surface area contributed by atoms with Crippen molar-refractivity contribution in [3.63, 3.8) is 0 Å². The fourth-order valence-electron chi connectivity index (χ4n) is 3.26. The molecule has 0 unspecified atom stereocenters. The maximum Gasteiger partial charge on any atom is 0.251 e. The van der Waals surface area contributed by atoms with Gasteiger partial charge in [0.1, 0.15) is 0 Å². The Morgan fingerprint density at radius 3 is 2.27 bits per heavy atom. The second-order valence-electron chi connectivity index (χ2n) is 7.14. The highest BCUT2D eigenvalue weighted by atomic mass is 16.5. The number of carbonyl (C=O) groups excluding carboxylic acids is 1. The number of hydrogen-bond acceptors (Lipinski definition) is 3. The molecule has 1 fully saturated rings. The van der Waals surface area contributed by atoms with E-state index >= 15 is 0 Å². The number of morpholine rings is 1. The van der Waals surface area contributed by atoms with Gasteiger partial charge < -0.3 is 10.1 Å². The van der Waals surface area contributed by atoms with Crippen LogP contribution in [0.15, 0.2) is 36.4 Å². The van der Waals surface area contributed by atoms with Crippen molar-refractivity contribution in [3.05, 3.63) is 69.8 Å². The lowest BCUT2D eigenvalue weighted by Gasteiger charge is -2.26. The molecule has 3 rings (SSSR count). The number of carbonyl (C=O) groups is 1. The van der Waals surface area contributed by atoms with Gasteiger partial charge in [0.25, 0.3) is 5.91 Å². The smallest absolute Gasteiger partial charge is 0.251 e. The van der Waals surface area contributed by atoms with Crippen LogP contribution in [0.25, 0.3) is 0 Å². The fourth-order valence-corrected chi connectivity index (χ4v) is 3.26. The van der Waals surface area contributed by atoms with Gasteiger partial charge in [0.05, 0.1) is 13.2 Å². The van der Waals surface area contributed by atoms with E-state index in [0.29, 0.717) is 6.54 Å². The van der Waals surface area contributed by atoms with E-state index in [1.807, 2.05) is 19.9 Å². The first-order valence-corrected chi connectivity index (χ1v) is 9.27. The zero-order valence-corrected chi connectivity index (χ0v) is 16.0. The van der Waals surface area contributed by atoms with Crippen LogP contribution in [0.2, 0.25) is 0 Å². The molecule has 0 spiro atoms. The van der Waals surface area contributed by atoms with Crippen molar-refractivity contribution >= 4 is 5.91 Å². The quantitative estimate of drug-likeness (QED) is 0.897. The minimum Gasteiger partial charge on any atom is -0.379 e. The molecule has 4 nitrogen and oxygen atoms in total. The van der Waals surface area contributed by atoms with E-state index in [4.69, 9.17) is 4.74 Å². The summed E-state index contributed by atoms with van der Waals surface area (Å²) in [5.41, 5.74) is 6.56. The number of aryl methyl sites for hydroxylation is 3. The molecule has 1 aliphatic heterocycles. The summed E-state index contributed by atoms with van der Waals surface area (Å²) in [4.78, 5) is 14.9. The van der Waals surface area contributed by atoms with Gasteiger partial charge in [0.2, 0.25) is 0 Å². The molecule has 2 aromatic carbocycles. The molecule has 0 atom stereocenters. The summed E-state index contributed by atoms with van der Waals surface area (Å²) < 4.78 is 5.39. The molecule has 0 saturated carbocycles. The summed E-state index contributed by atoms with van der Waals surface area (Å²) in [6, 6.07) is 12.6. The minimum atomic E-state index is -0.0111. The maximum absolute atomic E-state index is 12.5. The van der Waals surface area contributed by atoms with Crippen molar-refractivity contribution in [2.75, 3.05) is 26.3 Å². The van der Waals surface area contributed by atoms with Crippen molar-refractivity contribution in [1.29, 1.82) is 0 Å². The number of amides is 1. The number of hydrogen-bond donors (Lipinski definition) is 1. The highest BCUT2D eigenvalue weighted by Crippen LogP contribution is 2.15. The molecule has 0 radical (unpaired) electrons. The molecule has 4 heteroatoms. The summed E-state index contributed by atoms with van der Waals surface area (Å²) in [5, 5.41) is 3.04. The predicted octanol–water partition coefficient (Wildman–Crippen LogP) is 3.37. The molecular weight excluding hydrogens is 324 g/mol. The Kier molecular flexibility index (Phi) is 6.07. The second kappa shape index (κ2) is 8.47. The SMILES string of the molecule is Cc1cc(C)c(C(=O)NCc2ccc(CN3CCOCC3)cc2)cc1C. The van der Waals surface area contributed by atoms with Crippen LogP contribution in [-0.2, 0) is 17.8 Å². The third-order valence-electron chi connectivity index (χ3n) is 5.07. The van der Waals surface area contributed by atoms with Crippen molar-refractivity contribution in [2.24, 2.45) is 0 Å². The second-order valence-corrected chi connectivity index (χ2v) is 7.14. The summed E-state index contributed by atoms with van der Waals surface area (Å²) in [6.45, 7) is 11.2. The molecule has 1 heterocycles. The third-order valence-corrected chi connectivity index (χ3v) is 5.07. The van der Waals surface area contributed by atoms with Crippen LogP contribution in [0, 0.1) is 20.8 Å². The number of nitrogens with one attached hydrogen (secondary N) is 1. The Balaban J connectivity index is 1.56. The normalized spacial score (nSPS) is 15.0. The lowest BCUT2D eigenvalue weighted by atomic mass is 10.0. The molecule has 2 aromatic rings. The molecule has 0 aliphatic carbocycles. The van der Waals surface area contributed by atoms with Crippen LogP contribution in [-0.4, -0.2) is 37.1 Å². The molecular formula is C22H28N2O2. The van der Waals surface area contributed by atoms with Gasteiger partial charge >= 0.3 is 0 Å². The van der Waals surface area contributed by atoms with Crippen LogP contribution in [0.3, 0.4) is 0 Å².